The third kappa shape index (κ3) is 1.10. The van der Waals surface area contributed by atoms with Gasteiger partial charge < -0.3 is 5.11 Å². The lowest BCUT2D eigenvalue weighted by atomic mass is 10.3. The Morgan fingerprint density at radius 1 is 1.50 bits per heavy atom. The summed E-state index contributed by atoms with van der Waals surface area (Å²) in [7, 11) is 0. The van der Waals surface area contributed by atoms with Crippen LogP contribution in [0.3, 0.4) is 0 Å². The molecule has 60 valence electrons. The van der Waals surface area contributed by atoms with Gasteiger partial charge >= 0.3 is 6.18 Å². The Labute approximate surface area is 54.6 Å². The number of halogens is 4. The van der Waals surface area contributed by atoms with Gasteiger partial charge in [0.25, 0.3) is 0 Å². The number of hydrogen-bond donors (Lipinski definition) is 1. The van der Waals surface area contributed by atoms with Crippen LogP contribution in [0.25, 0.3) is 0 Å². The molecule has 0 bridgehead atoms. The molecule has 0 aliphatic heterocycles. The monoisotopic (exact) mass is 158 g/mol. The van der Waals surface area contributed by atoms with Crippen molar-refractivity contribution < 1.29 is 22.7 Å². The molecule has 1 aliphatic carbocycles. The smallest absolute Gasteiger partial charge is 0.393 e. The molecule has 0 aromatic rings. The fraction of sp³-hybridized carbons (Fsp3) is 1.00. The molecule has 5 heteroatoms. The summed E-state index contributed by atoms with van der Waals surface area (Å²) < 4.78 is 47.1. The summed E-state index contributed by atoms with van der Waals surface area (Å²) in [5.74, 6) is -1.94. The van der Waals surface area contributed by atoms with Crippen molar-refractivity contribution in [2.45, 2.75) is 18.3 Å². The largest absolute Gasteiger partial charge is 0.395 e. The van der Waals surface area contributed by atoms with Gasteiger partial charge in [-0.2, -0.15) is 13.2 Å². The summed E-state index contributed by atoms with van der Waals surface area (Å²) in [6, 6.07) is 0. The molecular formula is C5H6F4O. The van der Waals surface area contributed by atoms with Crippen LogP contribution in [0.2, 0.25) is 0 Å². The summed E-state index contributed by atoms with van der Waals surface area (Å²) in [4.78, 5) is 0. The molecule has 1 rings (SSSR count). The fourth-order valence-corrected chi connectivity index (χ4v) is 0.864. The van der Waals surface area contributed by atoms with E-state index >= 15 is 0 Å². The van der Waals surface area contributed by atoms with E-state index in [1.54, 1.807) is 0 Å². The molecular weight excluding hydrogens is 152 g/mol. The van der Waals surface area contributed by atoms with Crippen LogP contribution in [0.1, 0.15) is 6.42 Å². The van der Waals surface area contributed by atoms with E-state index in [1.807, 2.05) is 0 Å². The second kappa shape index (κ2) is 1.84. The highest BCUT2D eigenvalue weighted by molar-refractivity contribution is 5.07. The number of alkyl halides is 4. The van der Waals surface area contributed by atoms with Gasteiger partial charge in [-0.15, -0.1) is 0 Å². The molecule has 2 atom stereocenters. The topological polar surface area (TPSA) is 20.2 Å². The van der Waals surface area contributed by atoms with E-state index in [0.717, 1.165) is 0 Å². The summed E-state index contributed by atoms with van der Waals surface area (Å²) in [6.07, 6.45) is -5.08. The van der Waals surface area contributed by atoms with Crippen LogP contribution in [-0.4, -0.2) is 23.6 Å². The first-order chi connectivity index (χ1) is 4.40. The van der Waals surface area contributed by atoms with E-state index < -0.39 is 30.8 Å². The average molecular weight is 158 g/mol. The lowest BCUT2D eigenvalue weighted by molar-refractivity contribution is -0.159. The molecule has 0 spiro atoms. The number of aliphatic hydroxyl groups is 1. The third-order valence-corrected chi connectivity index (χ3v) is 1.67. The SMILES string of the molecule is OC[C@@]1(F)C[C@@H]1C(F)(F)F. The van der Waals surface area contributed by atoms with Crippen LogP contribution in [0.4, 0.5) is 17.6 Å². The second-order valence-electron chi connectivity index (χ2n) is 2.49. The van der Waals surface area contributed by atoms with Crippen LogP contribution in [0, 0.1) is 5.92 Å². The molecule has 0 saturated heterocycles. The molecule has 1 aliphatic rings. The standard InChI is InChI=1S/C5H6F4O/c6-4(2-10)1-3(4)5(7,8)9/h3,10H,1-2H2/t3-,4-/m0/s1. The Balaban J connectivity index is 2.52. The van der Waals surface area contributed by atoms with Crippen LogP contribution < -0.4 is 0 Å². The maximum atomic E-state index is 12.4. The normalized spacial score (nSPS) is 39.9. The average Bonchev–Trinajstić information content (AvgIpc) is 2.43. The van der Waals surface area contributed by atoms with E-state index in [9.17, 15) is 17.6 Å². The van der Waals surface area contributed by atoms with Crippen LogP contribution in [0.15, 0.2) is 0 Å². The number of aliphatic hydroxyl groups excluding tert-OH is 1. The van der Waals surface area contributed by atoms with Crippen molar-refractivity contribution in [1.29, 1.82) is 0 Å². The molecule has 0 heterocycles. The summed E-state index contributed by atoms with van der Waals surface area (Å²) in [5.41, 5.74) is -2.38. The Morgan fingerprint density at radius 2 is 2.00 bits per heavy atom. The molecule has 1 nitrogen and oxygen atoms in total. The molecule has 1 N–H and O–H groups in total. The molecule has 0 aromatic heterocycles. The molecule has 0 radical (unpaired) electrons. The zero-order valence-electron chi connectivity index (χ0n) is 4.95. The maximum absolute atomic E-state index is 12.4. The van der Waals surface area contributed by atoms with E-state index in [-0.39, 0.29) is 0 Å². The van der Waals surface area contributed by atoms with E-state index in [4.69, 9.17) is 5.11 Å². The van der Waals surface area contributed by atoms with Crippen molar-refractivity contribution in [2.75, 3.05) is 6.61 Å². The lowest BCUT2D eigenvalue weighted by Gasteiger charge is -2.06. The van der Waals surface area contributed by atoms with Gasteiger partial charge in [0.15, 0.2) is 0 Å². The predicted molar refractivity (Wildman–Crippen MR) is 25.1 cm³/mol. The molecule has 0 aromatic carbocycles. The first-order valence-corrected chi connectivity index (χ1v) is 2.76. The van der Waals surface area contributed by atoms with Crippen molar-refractivity contribution in [3.63, 3.8) is 0 Å². The molecule has 0 unspecified atom stereocenters. The van der Waals surface area contributed by atoms with Crippen molar-refractivity contribution in [3.05, 3.63) is 0 Å². The first kappa shape index (κ1) is 7.78. The number of rotatable bonds is 1. The molecule has 1 saturated carbocycles. The van der Waals surface area contributed by atoms with Crippen LogP contribution in [0.5, 0.6) is 0 Å². The minimum Gasteiger partial charge on any atom is -0.393 e. The van der Waals surface area contributed by atoms with Crippen LogP contribution in [-0.2, 0) is 0 Å². The quantitative estimate of drug-likeness (QED) is 0.569. The van der Waals surface area contributed by atoms with Gasteiger partial charge in [0.2, 0.25) is 0 Å². The van der Waals surface area contributed by atoms with E-state index in [2.05, 4.69) is 0 Å². The van der Waals surface area contributed by atoms with Gasteiger partial charge in [0, 0.05) is 0 Å². The highest BCUT2D eigenvalue weighted by Crippen LogP contribution is 2.55. The predicted octanol–water partition coefficient (Wildman–Crippen LogP) is 1.27. The fourth-order valence-electron chi connectivity index (χ4n) is 0.864. The first-order valence-electron chi connectivity index (χ1n) is 2.76. The Kier molecular flexibility index (Phi) is 1.43. The van der Waals surface area contributed by atoms with Crippen molar-refractivity contribution >= 4 is 0 Å². The van der Waals surface area contributed by atoms with Gasteiger partial charge in [0.1, 0.15) is 5.67 Å². The Hall–Kier alpha value is -0.320. The lowest BCUT2D eigenvalue weighted by Crippen LogP contribution is -2.21. The van der Waals surface area contributed by atoms with Gasteiger partial charge in [-0.05, 0) is 6.42 Å². The van der Waals surface area contributed by atoms with E-state index in [0.29, 0.717) is 0 Å². The second-order valence-corrected chi connectivity index (χ2v) is 2.49. The zero-order valence-corrected chi connectivity index (χ0v) is 4.95. The highest BCUT2D eigenvalue weighted by atomic mass is 19.4. The molecule has 10 heavy (non-hydrogen) atoms. The maximum Gasteiger partial charge on any atom is 0.395 e. The highest BCUT2D eigenvalue weighted by Gasteiger charge is 2.67. The Morgan fingerprint density at radius 3 is 2.10 bits per heavy atom. The van der Waals surface area contributed by atoms with Crippen molar-refractivity contribution in [1.82, 2.24) is 0 Å². The Bertz CT molecular complexity index is 143. The van der Waals surface area contributed by atoms with Crippen molar-refractivity contribution in [2.24, 2.45) is 5.92 Å². The zero-order chi connectivity index (χ0) is 7.99. The van der Waals surface area contributed by atoms with Gasteiger partial charge in [-0.25, -0.2) is 4.39 Å². The number of hydrogen-bond acceptors (Lipinski definition) is 1. The van der Waals surface area contributed by atoms with Crippen molar-refractivity contribution in [3.8, 4) is 0 Å². The van der Waals surface area contributed by atoms with E-state index in [1.165, 1.54) is 0 Å². The summed E-state index contributed by atoms with van der Waals surface area (Å²) in [6.45, 7) is -1.03. The minimum absolute atomic E-state index is 0.590. The molecule has 0 amide bonds. The summed E-state index contributed by atoms with van der Waals surface area (Å²) >= 11 is 0. The third-order valence-electron chi connectivity index (χ3n) is 1.67. The minimum atomic E-state index is -4.49. The summed E-state index contributed by atoms with van der Waals surface area (Å²) in [5, 5.41) is 8.12. The van der Waals surface area contributed by atoms with Gasteiger partial charge in [0.05, 0.1) is 12.5 Å². The molecule has 1 fully saturated rings. The van der Waals surface area contributed by atoms with Gasteiger partial charge in [-0.1, -0.05) is 0 Å². The van der Waals surface area contributed by atoms with Crippen LogP contribution >= 0.6 is 0 Å². The van der Waals surface area contributed by atoms with Gasteiger partial charge in [-0.3, -0.25) is 0 Å².